The van der Waals surface area contributed by atoms with E-state index >= 15 is 0 Å². The van der Waals surface area contributed by atoms with Crippen LogP contribution >= 0.6 is 0 Å². The van der Waals surface area contributed by atoms with E-state index in [2.05, 4.69) is 0 Å². The van der Waals surface area contributed by atoms with E-state index in [0.29, 0.717) is 11.1 Å². The minimum Gasteiger partial charge on any atom is -0.478 e. The van der Waals surface area contributed by atoms with Gasteiger partial charge in [0.1, 0.15) is 0 Å². The highest BCUT2D eigenvalue weighted by molar-refractivity contribution is 6.00. The minimum absolute atomic E-state index is 0.0556. The molecule has 0 aromatic heterocycles. The van der Waals surface area contributed by atoms with Gasteiger partial charge in [-0.3, -0.25) is 4.79 Å². The van der Waals surface area contributed by atoms with E-state index < -0.39 is 5.97 Å². The van der Waals surface area contributed by atoms with Crippen molar-refractivity contribution in [3.8, 4) is 0 Å². The van der Waals surface area contributed by atoms with Gasteiger partial charge in [0.05, 0.1) is 5.56 Å². The molecule has 2 aromatic rings. The molecule has 102 valence electrons. The average molecular weight is 268 g/mol. The molecule has 0 radical (unpaired) electrons. The summed E-state index contributed by atoms with van der Waals surface area (Å²) in [5.74, 6) is -1.06. The molecule has 0 aliphatic rings. The van der Waals surface area contributed by atoms with Gasteiger partial charge in [-0.15, -0.1) is 0 Å². The maximum Gasteiger partial charge on any atom is 0.335 e. The average Bonchev–Trinajstić information content (AvgIpc) is 2.41. The number of aromatic carboxylic acids is 1. The van der Waals surface area contributed by atoms with E-state index in [1.807, 2.05) is 32.0 Å². The molecule has 0 fully saturated rings. The van der Waals surface area contributed by atoms with Crippen molar-refractivity contribution >= 4 is 11.8 Å². The Balaban J connectivity index is 2.33. The quantitative estimate of drug-likeness (QED) is 0.864. The smallest absolute Gasteiger partial charge is 0.335 e. The minimum atomic E-state index is -1.01. The number of ketones is 1. The lowest BCUT2D eigenvalue weighted by Crippen LogP contribution is -2.10. The maximum absolute atomic E-state index is 12.4. The number of hydrogen-bond acceptors (Lipinski definition) is 2. The first-order valence-electron chi connectivity index (χ1n) is 6.40. The molecule has 2 aromatic carbocycles. The molecule has 0 bridgehead atoms. The molecule has 0 saturated carbocycles. The Bertz CT molecular complexity index is 672. The lowest BCUT2D eigenvalue weighted by molar-refractivity contribution is 0.0696. The Morgan fingerprint density at radius 2 is 1.70 bits per heavy atom. The van der Waals surface area contributed by atoms with Crippen molar-refractivity contribution in [3.63, 3.8) is 0 Å². The summed E-state index contributed by atoms with van der Waals surface area (Å²) in [5.41, 5.74) is 3.32. The van der Waals surface area contributed by atoms with Crippen LogP contribution in [0.15, 0.2) is 42.5 Å². The second-order valence-electron chi connectivity index (χ2n) is 4.88. The molecule has 3 nitrogen and oxygen atoms in total. The summed E-state index contributed by atoms with van der Waals surface area (Å²) < 4.78 is 0. The molecule has 0 heterocycles. The summed E-state index contributed by atoms with van der Waals surface area (Å²) in [5, 5.41) is 9.14. The van der Waals surface area contributed by atoms with Gasteiger partial charge < -0.3 is 5.11 Å². The van der Waals surface area contributed by atoms with Crippen molar-refractivity contribution in [1.29, 1.82) is 0 Å². The van der Waals surface area contributed by atoms with Crippen LogP contribution in [0.2, 0.25) is 0 Å². The van der Waals surface area contributed by atoms with Gasteiger partial charge in [-0.05, 0) is 37.1 Å². The van der Waals surface area contributed by atoms with Gasteiger partial charge in [-0.2, -0.15) is 0 Å². The molecule has 0 aliphatic heterocycles. The Morgan fingerprint density at radius 1 is 1.00 bits per heavy atom. The number of carbonyl (C=O) groups excluding carboxylic acids is 1. The SMILES string of the molecule is Cc1ccc(C)c(C(=O)Cc2ccccc2C(=O)O)c1. The summed E-state index contributed by atoms with van der Waals surface area (Å²) >= 11 is 0. The monoisotopic (exact) mass is 268 g/mol. The molecule has 2 rings (SSSR count). The van der Waals surface area contributed by atoms with Crippen LogP contribution in [0.1, 0.15) is 37.4 Å². The fourth-order valence-corrected chi connectivity index (χ4v) is 2.19. The Morgan fingerprint density at radius 3 is 2.40 bits per heavy atom. The number of rotatable bonds is 4. The summed E-state index contributed by atoms with van der Waals surface area (Å²) in [4.78, 5) is 23.5. The largest absolute Gasteiger partial charge is 0.478 e. The van der Waals surface area contributed by atoms with E-state index in [4.69, 9.17) is 5.11 Å². The van der Waals surface area contributed by atoms with Gasteiger partial charge in [0, 0.05) is 12.0 Å². The molecule has 0 atom stereocenters. The molecule has 0 spiro atoms. The van der Waals surface area contributed by atoms with Crippen molar-refractivity contribution in [3.05, 3.63) is 70.3 Å². The highest BCUT2D eigenvalue weighted by Crippen LogP contribution is 2.16. The summed E-state index contributed by atoms with van der Waals surface area (Å²) in [6.45, 7) is 3.82. The maximum atomic E-state index is 12.4. The van der Waals surface area contributed by atoms with E-state index in [-0.39, 0.29) is 17.8 Å². The van der Waals surface area contributed by atoms with Crippen LogP contribution in [0.5, 0.6) is 0 Å². The number of hydrogen-bond donors (Lipinski definition) is 1. The normalized spacial score (nSPS) is 10.3. The first-order valence-corrected chi connectivity index (χ1v) is 6.40. The van der Waals surface area contributed by atoms with E-state index in [0.717, 1.165) is 11.1 Å². The van der Waals surface area contributed by atoms with Crippen LogP contribution in [0, 0.1) is 13.8 Å². The summed E-state index contributed by atoms with van der Waals surface area (Å²) in [7, 11) is 0. The number of carboxylic acid groups (broad SMARTS) is 1. The van der Waals surface area contributed by atoms with Crippen molar-refractivity contribution in [2.75, 3.05) is 0 Å². The predicted molar refractivity (Wildman–Crippen MR) is 77.4 cm³/mol. The highest BCUT2D eigenvalue weighted by Gasteiger charge is 2.15. The highest BCUT2D eigenvalue weighted by atomic mass is 16.4. The number of Topliss-reactive ketones (excluding diaryl/α,β-unsaturated/α-hetero) is 1. The van der Waals surface area contributed by atoms with E-state index in [9.17, 15) is 9.59 Å². The molecular weight excluding hydrogens is 252 g/mol. The third-order valence-corrected chi connectivity index (χ3v) is 3.29. The van der Waals surface area contributed by atoms with Gasteiger partial charge in [0.15, 0.2) is 5.78 Å². The van der Waals surface area contributed by atoms with Crippen molar-refractivity contribution in [2.24, 2.45) is 0 Å². The summed E-state index contributed by atoms with van der Waals surface area (Å²) in [6.07, 6.45) is 0.104. The molecule has 20 heavy (non-hydrogen) atoms. The topological polar surface area (TPSA) is 54.4 Å². The Labute approximate surface area is 117 Å². The number of benzene rings is 2. The van der Waals surface area contributed by atoms with Crippen LogP contribution in [-0.4, -0.2) is 16.9 Å². The van der Waals surface area contributed by atoms with Gasteiger partial charge >= 0.3 is 5.97 Å². The fourth-order valence-electron chi connectivity index (χ4n) is 2.19. The number of aryl methyl sites for hydroxylation is 2. The number of carboxylic acids is 1. The Hall–Kier alpha value is -2.42. The third-order valence-electron chi connectivity index (χ3n) is 3.29. The van der Waals surface area contributed by atoms with Gasteiger partial charge in [0.2, 0.25) is 0 Å². The van der Waals surface area contributed by atoms with Crippen LogP contribution in [0.25, 0.3) is 0 Å². The molecule has 1 N–H and O–H groups in total. The van der Waals surface area contributed by atoms with Crippen LogP contribution < -0.4 is 0 Å². The molecule has 0 amide bonds. The second kappa shape index (κ2) is 5.70. The second-order valence-corrected chi connectivity index (χ2v) is 4.88. The number of carbonyl (C=O) groups is 2. The molecule has 3 heteroatoms. The zero-order valence-corrected chi connectivity index (χ0v) is 11.5. The summed E-state index contributed by atoms with van der Waals surface area (Å²) in [6, 6.07) is 12.3. The molecule has 0 saturated heterocycles. The zero-order valence-electron chi connectivity index (χ0n) is 11.5. The van der Waals surface area contributed by atoms with Crippen molar-refractivity contribution < 1.29 is 14.7 Å². The lowest BCUT2D eigenvalue weighted by atomic mass is 9.95. The molecule has 0 unspecified atom stereocenters. The van der Waals surface area contributed by atoms with Crippen molar-refractivity contribution in [2.45, 2.75) is 20.3 Å². The van der Waals surface area contributed by atoms with E-state index in [1.54, 1.807) is 18.2 Å². The van der Waals surface area contributed by atoms with Crippen LogP contribution in [0.4, 0.5) is 0 Å². The molecular formula is C17H16O3. The predicted octanol–water partition coefficient (Wildman–Crippen LogP) is 3.43. The molecule has 0 aliphatic carbocycles. The van der Waals surface area contributed by atoms with Gasteiger partial charge in [-0.1, -0.05) is 35.9 Å². The fraction of sp³-hybridized carbons (Fsp3) is 0.176. The third kappa shape index (κ3) is 2.94. The lowest BCUT2D eigenvalue weighted by Gasteiger charge is -2.08. The van der Waals surface area contributed by atoms with E-state index in [1.165, 1.54) is 6.07 Å². The van der Waals surface area contributed by atoms with Gasteiger partial charge in [0.25, 0.3) is 0 Å². The zero-order chi connectivity index (χ0) is 14.7. The van der Waals surface area contributed by atoms with Crippen molar-refractivity contribution in [1.82, 2.24) is 0 Å². The standard InChI is InChI=1S/C17H16O3/c1-11-7-8-12(2)15(9-11)16(18)10-13-5-3-4-6-14(13)17(19)20/h3-9H,10H2,1-2H3,(H,19,20). The van der Waals surface area contributed by atoms with Crippen LogP contribution in [-0.2, 0) is 6.42 Å². The first kappa shape index (κ1) is 14.0. The first-order chi connectivity index (χ1) is 9.49. The Kier molecular flexibility index (Phi) is 3.99. The van der Waals surface area contributed by atoms with Gasteiger partial charge in [-0.25, -0.2) is 4.79 Å². The van der Waals surface area contributed by atoms with Crippen LogP contribution in [0.3, 0.4) is 0 Å².